The highest BCUT2D eigenvalue weighted by Crippen LogP contribution is 2.51. The van der Waals surface area contributed by atoms with Crippen molar-refractivity contribution in [3.8, 4) is 0 Å². The third-order valence-corrected chi connectivity index (χ3v) is 16.5. The molecule has 0 aromatic heterocycles. The van der Waals surface area contributed by atoms with Gasteiger partial charge in [0.05, 0.1) is 56.8 Å². The van der Waals surface area contributed by atoms with E-state index in [2.05, 4.69) is 256 Å². The first-order valence-corrected chi connectivity index (χ1v) is 28.0. The zero-order chi connectivity index (χ0) is 50.4. The summed E-state index contributed by atoms with van der Waals surface area (Å²) in [5.41, 5.74) is 24.3. The van der Waals surface area contributed by atoms with Crippen LogP contribution in [0.25, 0.3) is 10.8 Å². The van der Waals surface area contributed by atoms with Gasteiger partial charge in [-0.3, -0.25) is 0 Å². The summed E-state index contributed by atoms with van der Waals surface area (Å²) in [5.74, 6) is 0.868. The lowest BCUT2D eigenvalue weighted by Gasteiger charge is -2.22. The van der Waals surface area contributed by atoms with E-state index in [1.165, 1.54) is 112 Å². The molecule has 2 aliphatic heterocycles. The van der Waals surface area contributed by atoms with E-state index in [0.717, 1.165) is 51.4 Å². The predicted molar refractivity (Wildman–Crippen MR) is 307 cm³/mol. The lowest BCUT2D eigenvalue weighted by atomic mass is 9.95. The Kier molecular flexibility index (Phi) is 15.3. The van der Waals surface area contributed by atoms with Crippen LogP contribution in [0.5, 0.6) is 0 Å². The van der Waals surface area contributed by atoms with Gasteiger partial charge in [-0.25, -0.2) is 0 Å². The van der Waals surface area contributed by atoms with Crippen LogP contribution >= 0.6 is 31.9 Å². The number of hydrogen-bond acceptors (Lipinski definition) is 0. The molecule has 0 N–H and O–H groups in total. The van der Waals surface area contributed by atoms with Crippen LogP contribution < -0.4 is 0 Å². The van der Waals surface area contributed by atoms with Crippen molar-refractivity contribution in [1.29, 1.82) is 0 Å². The Hall–Kier alpha value is -4.78. The van der Waals surface area contributed by atoms with Crippen LogP contribution in [0.3, 0.4) is 0 Å². The summed E-state index contributed by atoms with van der Waals surface area (Å²) in [4.78, 5) is 0. The molecule has 0 spiro atoms. The predicted octanol–water partition coefficient (Wildman–Crippen LogP) is 17.6. The van der Waals surface area contributed by atoms with Crippen LogP contribution in [0.2, 0.25) is 0 Å². The van der Waals surface area contributed by atoms with Crippen molar-refractivity contribution in [2.75, 3.05) is 0 Å². The van der Waals surface area contributed by atoms with Crippen LogP contribution in [0, 0.1) is 13.8 Å². The van der Waals surface area contributed by atoms with E-state index in [1.807, 2.05) is 0 Å². The minimum Gasteiger partial charge on any atom is -0.126 e. The lowest BCUT2D eigenvalue weighted by molar-refractivity contribution is -0.741. The lowest BCUT2D eigenvalue weighted by Crippen LogP contribution is -2.41. The maximum Gasteiger partial charge on any atom is 0.473 e. The van der Waals surface area contributed by atoms with Gasteiger partial charge in [0.15, 0.2) is 0 Å². The van der Waals surface area contributed by atoms with E-state index in [0.29, 0.717) is 11.8 Å². The van der Waals surface area contributed by atoms with E-state index in [9.17, 15) is 0 Å². The Morgan fingerprint density at radius 3 is 1.14 bits per heavy atom. The van der Waals surface area contributed by atoms with Gasteiger partial charge in [-0.2, -0.15) is 0 Å². The molecule has 0 amide bonds. The van der Waals surface area contributed by atoms with E-state index < -0.39 is 3.48 Å². The second-order valence-corrected chi connectivity index (χ2v) is 24.4. The molecule has 6 heteroatoms. The van der Waals surface area contributed by atoms with Gasteiger partial charge in [0, 0.05) is 63.7 Å². The molecule has 0 saturated carbocycles. The molecule has 0 bridgehead atoms. The molecule has 0 atom stereocenters. The highest BCUT2D eigenvalue weighted by atomic mass is 79.9. The van der Waals surface area contributed by atoms with Crippen molar-refractivity contribution >= 4 is 88.2 Å². The summed E-state index contributed by atoms with van der Waals surface area (Å²) in [7, 11) is 0. The molecule has 9 rings (SSSR count). The van der Waals surface area contributed by atoms with Crippen molar-refractivity contribution in [2.45, 2.75) is 169 Å². The van der Waals surface area contributed by atoms with Crippen LogP contribution in [0.1, 0.15) is 176 Å². The Morgan fingerprint density at radius 2 is 0.757 bits per heavy atom. The summed E-state index contributed by atoms with van der Waals surface area (Å²) in [6.45, 7) is 32.2. The van der Waals surface area contributed by atoms with E-state index in [4.69, 9.17) is 0 Å². The number of fused-ring (bicyclic) bond motifs is 3. The molecule has 0 unspecified atom stereocenters. The van der Waals surface area contributed by atoms with E-state index in [-0.39, 0.29) is 5.66 Å². The van der Waals surface area contributed by atoms with Crippen LogP contribution in [0.15, 0.2) is 109 Å². The van der Waals surface area contributed by atoms with Crippen molar-refractivity contribution < 1.29 is 18.3 Å². The molecule has 1 aliphatic carbocycles. The molecule has 6 aromatic carbocycles. The molecular formula is C64H78Br2N4+4. The third kappa shape index (κ3) is 8.75. The van der Waals surface area contributed by atoms with Crippen LogP contribution in [0.4, 0.5) is 22.7 Å². The quantitative estimate of drug-likeness (QED) is 0.0585. The van der Waals surface area contributed by atoms with Crippen molar-refractivity contribution in [3.63, 3.8) is 0 Å². The maximum absolute atomic E-state index is 4.32. The number of halogens is 2. The fourth-order valence-electron chi connectivity index (χ4n) is 12.1. The average Bonchev–Trinajstić information content (AvgIpc) is 3.82. The molecule has 364 valence electrons. The summed E-state index contributed by atoms with van der Waals surface area (Å²) >= 11 is 8.64. The summed E-state index contributed by atoms with van der Waals surface area (Å²) in [6, 6.07) is 40.9. The number of alkyl halides is 2. The van der Waals surface area contributed by atoms with E-state index in [1.54, 1.807) is 0 Å². The SMILES string of the molecule is CCCc1cccc(CCC)c1[N+]1=C(C)C(C)=[N+](c2c(C)cccc2C(C)C)C1(C)C.CCCc1cccc(CCC)c1[N+]1=C2C(=[N+](c3c(C)cccc3C(C)C)C1(Br)Br)c1cccc3cccc2c13. The number of rotatable bonds is 14. The van der Waals surface area contributed by atoms with Crippen LogP contribution in [-0.4, -0.2) is 50.3 Å². The normalized spacial score (nSPS) is 15.9. The molecular weight excluding hydrogens is 985 g/mol. The largest absolute Gasteiger partial charge is 0.473 e. The van der Waals surface area contributed by atoms with Gasteiger partial charge in [0.1, 0.15) is 0 Å². The molecule has 70 heavy (non-hydrogen) atoms. The highest BCUT2D eigenvalue weighted by Gasteiger charge is 2.65. The Bertz CT molecular complexity index is 3080. The summed E-state index contributed by atoms with van der Waals surface area (Å²) < 4.78 is 9.65. The molecule has 6 aromatic rings. The Balaban J connectivity index is 0.000000194. The number of hydrogen-bond donors (Lipinski definition) is 0. The monoisotopic (exact) mass is 1060 g/mol. The van der Waals surface area contributed by atoms with Gasteiger partial charge in [-0.15, -0.1) is 18.3 Å². The molecule has 0 radical (unpaired) electrons. The summed E-state index contributed by atoms with van der Waals surface area (Å²) in [5, 5.41) is 2.64. The molecule has 0 saturated heterocycles. The van der Waals surface area contributed by atoms with Gasteiger partial charge in [0.2, 0.25) is 22.7 Å². The molecule has 0 fully saturated rings. The standard InChI is InChI=1S/C35H36Br2N2.C29H42N2/c1-6-12-25-17-9-18-26(13-7-2)32(25)39-34-29-21-11-16-24-15-10-20-28(30(24)29)33(34)38(35(39,36)37)31-23(5)14-8-19-27(31)22(3)4;1-10-14-24-17-13-18-25(15-11-2)28(24)31-23(7)22(6)30(29(31,8)9)27-21(5)16-12-19-26(27)20(3)4/h8-11,14-22H,6-7,12-13H2,1-5H3;12-13,16-20H,10-11,14-15H2,1-9H3/q2*+2. The fourth-order valence-corrected chi connectivity index (χ4v) is 13.5. The number of benzene rings is 6. The first kappa shape index (κ1) is 51.6. The zero-order valence-electron chi connectivity index (χ0n) is 44.7. The zero-order valence-corrected chi connectivity index (χ0v) is 47.9. The van der Waals surface area contributed by atoms with Crippen molar-refractivity contribution in [2.24, 2.45) is 0 Å². The van der Waals surface area contributed by atoms with Gasteiger partial charge in [0.25, 0.3) is 22.8 Å². The Labute approximate surface area is 437 Å². The van der Waals surface area contributed by atoms with Gasteiger partial charge < -0.3 is 0 Å². The minimum absolute atomic E-state index is 0.184. The average molecular weight is 1060 g/mol. The topological polar surface area (TPSA) is 12.0 Å². The van der Waals surface area contributed by atoms with Gasteiger partial charge in [-0.1, -0.05) is 178 Å². The number of aryl methyl sites for hydroxylation is 6. The van der Waals surface area contributed by atoms with Crippen LogP contribution in [-0.2, 0) is 25.7 Å². The smallest absolute Gasteiger partial charge is 0.126 e. The van der Waals surface area contributed by atoms with Crippen molar-refractivity contribution in [1.82, 2.24) is 0 Å². The number of para-hydroxylation sites is 4. The first-order chi connectivity index (χ1) is 33.5. The fraction of sp³-hybridized carbons (Fsp3) is 0.406. The maximum atomic E-state index is 4.32. The van der Waals surface area contributed by atoms with Crippen molar-refractivity contribution in [3.05, 3.63) is 165 Å². The Morgan fingerprint density at radius 1 is 0.429 bits per heavy atom. The first-order valence-electron chi connectivity index (χ1n) is 26.4. The van der Waals surface area contributed by atoms with Gasteiger partial charge in [-0.05, 0) is 68.9 Å². The highest BCUT2D eigenvalue weighted by molar-refractivity contribution is 9.25. The third-order valence-electron chi connectivity index (χ3n) is 15.1. The molecule has 3 aliphatic rings. The second-order valence-electron chi connectivity index (χ2n) is 21.1. The second kappa shape index (κ2) is 20.7. The molecule has 4 nitrogen and oxygen atoms in total. The van der Waals surface area contributed by atoms with Gasteiger partial charge >= 0.3 is 9.14 Å². The summed E-state index contributed by atoms with van der Waals surface area (Å²) in [6.07, 6.45) is 8.86. The van der Waals surface area contributed by atoms with E-state index >= 15 is 0 Å². The molecule has 2 heterocycles. The number of nitrogens with zero attached hydrogens (tertiary/aromatic N) is 4. The minimum atomic E-state index is -0.678.